The van der Waals surface area contributed by atoms with Gasteiger partial charge < -0.3 is 15.2 Å². The molecular formula is C14H23NO4S. The lowest BCUT2D eigenvalue weighted by Crippen LogP contribution is -2.38. The molecule has 0 saturated heterocycles. The van der Waals surface area contributed by atoms with Gasteiger partial charge in [0.25, 0.3) is 0 Å². The predicted octanol–water partition coefficient (Wildman–Crippen LogP) is 1.14. The van der Waals surface area contributed by atoms with E-state index in [9.17, 15) is 13.5 Å². The van der Waals surface area contributed by atoms with E-state index in [1.165, 1.54) is 12.1 Å². The first-order valence-corrected chi connectivity index (χ1v) is 8.29. The Morgan fingerprint density at radius 3 is 2.30 bits per heavy atom. The Morgan fingerprint density at radius 2 is 1.85 bits per heavy atom. The summed E-state index contributed by atoms with van der Waals surface area (Å²) in [5.41, 5.74) is 0.389. The SMILES string of the molecule is COC(C)(C)CNCC(O)c1ccc(S(C)(=O)=O)cc1. The number of sulfone groups is 1. The Labute approximate surface area is 120 Å². The van der Waals surface area contributed by atoms with Crippen LogP contribution in [0.25, 0.3) is 0 Å². The highest BCUT2D eigenvalue weighted by Crippen LogP contribution is 2.16. The molecule has 2 N–H and O–H groups in total. The minimum Gasteiger partial charge on any atom is -0.387 e. The summed E-state index contributed by atoms with van der Waals surface area (Å²) in [5.74, 6) is 0. The van der Waals surface area contributed by atoms with Crippen LogP contribution in [0.4, 0.5) is 0 Å². The van der Waals surface area contributed by atoms with E-state index in [0.29, 0.717) is 18.7 Å². The van der Waals surface area contributed by atoms with E-state index >= 15 is 0 Å². The first kappa shape index (κ1) is 17.1. The molecule has 0 fully saturated rings. The number of aliphatic hydroxyl groups excluding tert-OH is 1. The number of ether oxygens (including phenoxy) is 1. The molecule has 0 aromatic heterocycles. The van der Waals surface area contributed by atoms with Crippen LogP contribution in [-0.2, 0) is 14.6 Å². The Morgan fingerprint density at radius 1 is 1.30 bits per heavy atom. The van der Waals surface area contributed by atoms with Crippen molar-refractivity contribution in [3.8, 4) is 0 Å². The first-order chi connectivity index (χ1) is 9.15. The molecule has 0 aliphatic heterocycles. The number of nitrogens with one attached hydrogen (secondary N) is 1. The largest absolute Gasteiger partial charge is 0.387 e. The summed E-state index contributed by atoms with van der Waals surface area (Å²) in [6.45, 7) is 4.90. The Hall–Kier alpha value is -0.950. The third-order valence-corrected chi connectivity index (χ3v) is 4.26. The maximum atomic E-state index is 11.3. The van der Waals surface area contributed by atoms with E-state index < -0.39 is 15.9 Å². The number of hydrogen-bond acceptors (Lipinski definition) is 5. The molecule has 1 atom stereocenters. The van der Waals surface area contributed by atoms with E-state index in [1.54, 1.807) is 19.2 Å². The fraction of sp³-hybridized carbons (Fsp3) is 0.571. The lowest BCUT2D eigenvalue weighted by molar-refractivity contribution is 0.0207. The maximum absolute atomic E-state index is 11.3. The average molecular weight is 301 g/mol. The Balaban J connectivity index is 2.58. The maximum Gasteiger partial charge on any atom is 0.175 e. The molecule has 20 heavy (non-hydrogen) atoms. The number of methoxy groups -OCH3 is 1. The summed E-state index contributed by atoms with van der Waals surface area (Å²) in [5, 5.41) is 13.2. The monoisotopic (exact) mass is 301 g/mol. The molecule has 6 heteroatoms. The summed E-state index contributed by atoms with van der Waals surface area (Å²) in [4.78, 5) is 0.252. The minimum absolute atomic E-state index is 0.252. The van der Waals surface area contributed by atoms with Crippen molar-refractivity contribution in [1.29, 1.82) is 0 Å². The zero-order chi connectivity index (χ0) is 15.4. The van der Waals surface area contributed by atoms with Crippen LogP contribution in [0.1, 0.15) is 25.5 Å². The summed E-state index contributed by atoms with van der Waals surface area (Å²) in [7, 11) is -1.56. The molecule has 1 aromatic carbocycles. The smallest absolute Gasteiger partial charge is 0.175 e. The molecule has 1 unspecified atom stereocenters. The fourth-order valence-corrected chi connectivity index (χ4v) is 2.27. The molecule has 0 amide bonds. The van der Waals surface area contributed by atoms with Gasteiger partial charge in [-0.05, 0) is 31.5 Å². The number of benzene rings is 1. The van der Waals surface area contributed by atoms with Gasteiger partial charge >= 0.3 is 0 Å². The zero-order valence-corrected chi connectivity index (χ0v) is 13.2. The highest BCUT2D eigenvalue weighted by Gasteiger charge is 2.17. The van der Waals surface area contributed by atoms with Gasteiger partial charge in [0.2, 0.25) is 0 Å². The molecule has 0 saturated carbocycles. The normalized spacial score (nSPS) is 14.2. The van der Waals surface area contributed by atoms with Crippen molar-refractivity contribution in [2.45, 2.75) is 30.4 Å². The second-order valence-corrected chi connectivity index (χ2v) is 7.47. The van der Waals surface area contributed by atoms with Crippen LogP contribution in [-0.4, -0.2) is 45.6 Å². The third kappa shape index (κ3) is 5.20. The molecule has 0 spiro atoms. The first-order valence-electron chi connectivity index (χ1n) is 6.40. The van der Waals surface area contributed by atoms with Gasteiger partial charge in [-0.3, -0.25) is 0 Å². The lowest BCUT2D eigenvalue weighted by atomic mass is 10.1. The molecule has 1 aromatic rings. The molecule has 0 aliphatic rings. The molecule has 0 bridgehead atoms. The summed E-state index contributed by atoms with van der Waals surface area (Å²) in [6, 6.07) is 6.27. The van der Waals surface area contributed by atoms with Gasteiger partial charge in [0.05, 0.1) is 16.6 Å². The fourth-order valence-electron chi connectivity index (χ4n) is 1.64. The van der Waals surface area contributed by atoms with Gasteiger partial charge in [-0.2, -0.15) is 0 Å². The van der Waals surface area contributed by atoms with Crippen molar-refractivity contribution in [3.05, 3.63) is 29.8 Å². The Kier molecular flexibility index (Phi) is 5.70. The van der Waals surface area contributed by atoms with Crippen LogP contribution in [0.15, 0.2) is 29.2 Å². The van der Waals surface area contributed by atoms with Crippen molar-refractivity contribution >= 4 is 9.84 Å². The summed E-state index contributed by atoms with van der Waals surface area (Å²) < 4.78 is 27.9. The van der Waals surface area contributed by atoms with Crippen LogP contribution in [0.5, 0.6) is 0 Å². The summed E-state index contributed by atoms with van der Waals surface area (Å²) in [6.07, 6.45) is 0.476. The van der Waals surface area contributed by atoms with Crippen LogP contribution in [0, 0.1) is 0 Å². The van der Waals surface area contributed by atoms with Gasteiger partial charge in [-0.15, -0.1) is 0 Å². The third-order valence-electron chi connectivity index (χ3n) is 3.13. The molecule has 0 radical (unpaired) electrons. The summed E-state index contributed by atoms with van der Waals surface area (Å²) >= 11 is 0. The van der Waals surface area contributed by atoms with Gasteiger partial charge in [0, 0.05) is 26.5 Å². The van der Waals surface area contributed by atoms with Crippen molar-refractivity contribution < 1.29 is 18.3 Å². The van der Waals surface area contributed by atoms with Gasteiger partial charge in [0.1, 0.15) is 0 Å². The molecule has 0 aliphatic carbocycles. The van der Waals surface area contributed by atoms with E-state index in [1.807, 2.05) is 13.8 Å². The van der Waals surface area contributed by atoms with Crippen LogP contribution in [0.3, 0.4) is 0 Å². The van der Waals surface area contributed by atoms with Gasteiger partial charge in [0.15, 0.2) is 9.84 Å². The van der Waals surface area contributed by atoms with Crippen molar-refractivity contribution in [1.82, 2.24) is 5.32 Å². The molecule has 0 heterocycles. The second kappa shape index (κ2) is 6.67. The highest BCUT2D eigenvalue weighted by atomic mass is 32.2. The van der Waals surface area contributed by atoms with E-state index in [-0.39, 0.29) is 10.5 Å². The lowest BCUT2D eigenvalue weighted by Gasteiger charge is -2.24. The van der Waals surface area contributed by atoms with Crippen LogP contribution in [0.2, 0.25) is 0 Å². The number of hydrogen-bond donors (Lipinski definition) is 2. The van der Waals surface area contributed by atoms with Crippen molar-refractivity contribution in [2.75, 3.05) is 26.5 Å². The quantitative estimate of drug-likeness (QED) is 0.790. The average Bonchev–Trinajstić information content (AvgIpc) is 2.37. The van der Waals surface area contributed by atoms with Crippen LogP contribution >= 0.6 is 0 Å². The standard InChI is InChI=1S/C14H23NO4S/c1-14(2,19-3)10-15-9-13(16)11-5-7-12(8-6-11)20(4,17)18/h5-8,13,15-16H,9-10H2,1-4H3. The number of rotatable bonds is 7. The molecular weight excluding hydrogens is 278 g/mol. The zero-order valence-electron chi connectivity index (χ0n) is 12.4. The molecule has 114 valence electrons. The number of aliphatic hydroxyl groups is 1. The topological polar surface area (TPSA) is 75.6 Å². The van der Waals surface area contributed by atoms with Gasteiger partial charge in [-0.1, -0.05) is 12.1 Å². The minimum atomic E-state index is -3.20. The van der Waals surface area contributed by atoms with E-state index in [2.05, 4.69) is 5.32 Å². The van der Waals surface area contributed by atoms with E-state index in [4.69, 9.17) is 4.74 Å². The Bertz CT molecular complexity index is 523. The van der Waals surface area contributed by atoms with Crippen LogP contribution < -0.4 is 5.32 Å². The molecule has 1 rings (SSSR count). The van der Waals surface area contributed by atoms with Crippen molar-refractivity contribution in [3.63, 3.8) is 0 Å². The molecule has 5 nitrogen and oxygen atoms in total. The predicted molar refractivity (Wildman–Crippen MR) is 78.5 cm³/mol. The second-order valence-electron chi connectivity index (χ2n) is 5.45. The highest BCUT2D eigenvalue weighted by molar-refractivity contribution is 7.90. The van der Waals surface area contributed by atoms with E-state index in [0.717, 1.165) is 6.26 Å². The van der Waals surface area contributed by atoms with Crippen molar-refractivity contribution in [2.24, 2.45) is 0 Å². The van der Waals surface area contributed by atoms with Gasteiger partial charge in [-0.25, -0.2) is 8.42 Å².